The van der Waals surface area contributed by atoms with E-state index >= 15 is 0 Å². The highest BCUT2D eigenvalue weighted by molar-refractivity contribution is 4.77. The summed E-state index contributed by atoms with van der Waals surface area (Å²) in [5.74, 6) is 0. The van der Waals surface area contributed by atoms with Crippen molar-refractivity contribution in [2.75, 3.05) is 53.9 Å². The summed E-state index contributed by atoms with van der Waals surface area (Å²) >= 11 is 0. The van der Waals surface area contributed by atoms with Crippen molar-refractivity contribution in [3.63, 3.8) is 0 Å². The van der Waals surface area contributed by atoms with Crippen LogP contribution in [0, 0.1) is 0 Å². The van der Waals surface area contributed by atoms with E-state index in [-0.39, 0.29) is 11.2 Å². The maximum absolute atomic E-state index is 6.05. The largest absolute Gasteiger partial charge is 0.382 e. The zero-order valence-corrected chi connectivity index (χ0v) is 13.3. The first-order valence-electron chi connectivity index (χ1n) is 6.66. The summed E-state index contributed by atoms with van der Waals surface area (Å²) in [7, 11) is 3.32. The van der Waals surface area contributed by atoms with Crippen molar-refractivity contribution in [2.45, 2.75) is 38.9 Å². The van der Waals surface area contributed by atoms with Crippen LogP contribution >= 0.6 is 0 Å². The Labute approximate surface area is 117 Å². The molecular formula is C14H30O5. The Morgan fingerprint density at radius 1 is 0.632 bits per heavy atom. The lowest BCUT2D eigenvalue weighted by molar-refractivity contribution is -0.175. The zero-order chi connectivity index (χ0) is 14.8. The molecule has 0 saturated carbocycles. The van der Waals surface area contributed by atoms with Gasteiger partial charge in [-0.1, -0.05) is 0 Å². The molecule has 5 nitrogen and oxygen atoms in total. The Bertz CT molecular complexity index is 194. The SMILES string of the molecule is COCCOCC(C)(C)OC(C)(C)COCCOC. The molecule has 0 saturated heterocycles. The standard InChI is InChI=1S/C14H30O5/c1-13(2,11-17-9-7-15-5)19-14(3,4)12-18-10-8-16-6/h7-12H2,1-6H3. The molecule has 0 spiro atoms. The number of hydrogen-bond donors (Lipinski definition) is 0. The molecule has 0 radical (unpaired) electrons. The maximum Gasteiger partial charge on any atom is 0.0867 e. The molecule has 0 amide bonds. The van der Waals surface area contributed by atoms with E-state index in [4.69, 9.17) is 23.7 Å². The van der Waals surface area contributed by atoms with Crippen LogP contribution in [-0.4, -0.2) is 65.1 Å². The molecule has 0 aliphatic rings. The Hall–Kier alpha value is -0.200. The molecule has 0 aromatic heterocycles. The van der Waals surface area contributed by atoms with Gasteiger partial charge in [0.05, 0.1) is 50.8 Å². The molecule has 0 heterocycles. The van der Waals surface area contributed by atoms with Crippen molar-refractivity contribution >= 4 is 0 Å². The van der Waals surface area contributed by atoms with E-state index in [2.05, 4.69) is 0 Å². The van der Waals surface area contributed by atoms with Crippen LogP contribution in [0.3, 0.4) is 0 Å². The van der Waals surface area contributed by atoms with Crippen LogP contribution in [0.4, 0.5) is 0 Å². The molecule has 0 fully saturated rings. The van der Waals surface area contributed by atoms with E-state index in [1.165, 1.54) is 0 Å². The van der Waals surface area contributed by atoms with E-state index < -0.39 is 0 Å². The molecule has 0 rings (SSSR count). The van der Waals surface area contributed by atoms with Gasteiger partial charge in [0.1, 0.15) is 0 Å². The van der Waals surface area contributed by atoms with Crippen molar-refractivity contribution < 1.29 is 23.7 Å². The summed E-state index contributed by atoms with van der Waals surface area (Å²) in [6.45, 7) is 11.4. The molecule has 0 aliphatic carbocycles. The lowest BCUT2D eigenvalue weighted by atomic mass is 10.1. The first kappa shape index (κ1) is 18.8. The number of ether oxygens (including phenoxy) is 5. The van der Waals surface area contributed by atoms with Crippen molar-refractivity contribution in [3.8, 4) is 0 Å². The fourth-order valence-electron chi connectivity index (χ4n) is 1.73. The van der Waals surface area contributed by atoms with Gasteiger partial charge in [-0.2, -0.15) is 0 Å². The molecule has 0 aromatic carbocycles. The highest BCUT2D eigenvalue weighted by Gasteiger charge is 2.29. The second kappa shape index (κ2) is 9.66. The number of rotatable bonds is 12. The molecule has 0 bridgehead atoms. The van der Waals surface area contributed by atoms with E-state index in [0.717, 1.165) is 0 Å². The van der Waals surface area contributed by atoms with Gasteiger partial charge in [-0.25, -0.2) is 0 Å². The van der Waals surface area contributed by atoms with E-state index in [1.807, 2.05) is 27.7 Å². The Kier molecular flexibility index (Phi) is 9.56. The Morgan fingerprint density at radius 3 is 1.32 bits per heavy atom. The molecular weight excluding hydrogens is 248 g/mol. The fraction of sp³-hybridized carbons (Fsp3) is 1.00. The monoisotopic (exact) mass is 278 g/mol. The summed E-state index contributed by atoms with van der Waals surface area (Å²) in [6.07, 6.45) is 0. The third-order valence-electron chi connectivity index (χ3n) is 2.32. The first-order valence-corrected chi connectivity index (χ1v) is 6.66. The summed E-state index contributed by atoms with van der Waals surface area (Å²) in [4.78, 5) is 0. The molecule has 5 heteroatoms. The van der Waals surface area contributed by atoms with Crippen molar-refractivity contribution in [3.05, 3.63) is 0 Å². The van der Waals surface area contributed by atoms with Gasteiger partial charge in [-0.3, -0.25) is 0 Å². The summed E-state index contributed by atoms with van der Waals surface area (Å²) in [5, 5.41) is 0. The molecule has 0 aromatic rings. The Morgan fingerprint density at radius 2 is 1.00 bits per heavy atom. The highest BCUT2D eigenvalue weighted by Crippen LogP contribution is 2.21. The summed E-state index contributed by atoms with van der Waals surface area (Å²) in [6, 6.07) is 0. The first-order chi connectivity index (χ1) is 8.83. The lowest BCUT2D eigenvalue weighted by Gasteiger charge is -2.35. The van der Waals surface area contributed by atoms with Crippen molar-refractivity contribution in [1.29, 1.82) is 0 Å². The van der Waals surface area contributed by atoms with Crippen LogP contribution in [0.15, 0.2) is 0 Å². The third-order valence-corrected chi connectivity index (χ3v) is 2.32. The van der Waals surface area contributed by atoms with Crippen LogP contribution in [0.5, 0.6) is 0 Å². The molecule has 0 aliphatic heterocycles. The molecule has 116 valence electrons. The van der Waals surface area contributed by atoms with Gasteiger partial charge in [0.2, 0.25) is 0 Å². The van der Waals surface area contributed by atoms with Crippen molar-refractivity contribution in [2.24, 2.45) is 0 Å². The minimum atomic E-state index is -0.359. The predicted octanol–water partition coefficient (Wildman–Crippen LogP) is 1.89. The summed E-state index contributed by atoms with van der Waals surface area (Å²) < 4.78 is 27.0. The van der Waals surface area contributed by atoms with Crippen LogP contribution in [-0.2, 0) is 23.7 Å². The average Bonchev–Trinajstić information content (AvgIpc) is 2.29. The molecule has 0 atom stereocenters. The van der Waals surface area contributed by atoms with E-state index in [0.29, 0.717) is 39.6 Å². The number of hydrogen-bond acceptors (Lipinski definition) is 5. The summed E-state index contributed by atoms with van der Waals surface area (Å²) in [5.41, 5.74) is -0.719. The zero-order valence-electron chi connectivity index (χ0n) is 13.3. The minimum Gasteiger partial charge on any atom is -0.382 e. The van der Waals surface area contributed by atoms with Crippen LogP contribution in [0.2, 0.25) is 0 Å². The second-order valence-corrected chi connectivity index (χ2v) is 5.71. The second-order valence-electron chi connectivity index (χ2n) is 5.71. The van der Waals surface area contributed by atoms with Gasteiger partial charge >= 0.3 is 0 Å². The lowest BCUT2D eigenvalue weighted by Crippen LogP contribution is -2.43. The van der Waals surface area contributed by atoms with Gasteiger partial charge in [0.15, 0.2) is 0 Å². The molecule has 0 unspecified atom stereocenters. The minimum absolute atomic E-state index is 0.359. The van der Waals surface area contributed by atoms with Gasteiger partial charge in [0.25, 0.3) is 0 Å². The Balaban J connectivity index is 3.93. The van der Waals surface area contributed by atoms with Gasteiger partial charge in [-0.15, -0.1) is 0 Å². The van der Waals surface area contributed by atoms with Crippen molar-refractivity contribution in [1.82, 2.24) is 0 Å². The maximum atomic E-state index is 6.05. The smallest absolute Gasteiger partial charge is 0.0867 e. The van der Waals surface area contributed by atoms with Gasteiger partial charge < -0.3 is 23.7 Å². The number of methoxy groups -OCH3 is 2. The third kappa shape index (κ3) is 11.3. The van der Waals surface area contributed by atoms with Crippen LogP contribution in [0.25, 0.3) is 0 Å². The fourth-order valence-corrected chi connectivity index (χ4v) is 1.73. The van der Waals surface area contributed by atoms with Crippen LogP contribution < -0.4 is 0 Å². The molecule has 0 N–H and O–H groups in total. The predicted molar refractivity (Wildman–Crippen MR) is 74.6 cm³/mol. The highest BCUT2D eigenvalue weighted by atomic mass is 16.6. The van der Waals surface area contributed by atoms with Crippen LogP contribution in [0.1, 0.15) is 27.7 Å². The van der Waals surface area contributed by atoms with E-state index in [9.17, 15) is 0 Å². The topological polar surface area (TPSA) is 46.2 Å². The normalized spacial score (nSPS) is 12.9. The quantitative estimate of drug-likeness (QED) is 0.510. The van der Waals surface area contributed by atoms with Gasteiger partial charge in [0, 0.05) is 14.2 Å². The average molecular weight is 278 g/mol. The van der Waals surface area contributed by atoms with E-state index in [1.54, 1.807) is 14.2 Å². The van der Waals surface area contributed by atoms with Gasteiger partial charge in [-0.05, 0) is 27.7 Å². The molecule has 19 heavy (non-hydrogen) atoms.